The van der Waals surface area contributed by atoms with Crippen molar-refractivity contribution in [3.05, 3.63) is 95.1 Å². The van der Waals surface area contributed by atoms with Crippen molar-refractivity contribution < 1.29 is 18.7 Å². The predicted molar refractivity (Wildman–Crippen MR) is 141 cm³/mol. The number of benzene rings is 2. The predicted octanol–water partition coefficient (Wildman–Crippen LogP) is 4.87. The van der Waals surface area contributed by atoms with Gasteiger partial charge in [0, 0.05) is 36.8 Å². The van der Waals surface area contributed by atoms with Crippen molar-refractivity contribution in [3.63, 3.8) is 0 Å². The van der Waals surface area contributed by atoms with Crippen LogP contribution in [0.15, 0.2) is 66.9 Å². The first-order chi connectivity index (χ1) is 17.6. The van der Waals surface area contributed by atoms with Crippen molar-refractivity contribution in [1.29, 1.82) is 0 Å². The Morgan fingerprint density at radius 1 is 1.14 bits per heavy atom. The van der Waals surface area contributed by atoms with E-state index in [9.17, 15) is 14.0 Å². The molecule has 2 atom stereocenters. The van der Waals surface area contributed by atoms with Crippen LogP contribution in [0, 0.1) is 11.2 Å². The van der Waals surface area contributed by atoms with Gasteiger partial charge in [0.15, 0.2) is 6.10 Å². The first kappa shape index (κ1) is 26.3. The standard InChI is InChI=1S/C30H34FN3O3/c1-20(28(35)33-16-13-24-10-5-6-15-32-24)37-25-12-11-21-14-17-34(29(36)30(2,3)4)27(26(21)19-25)22-8-7-9-23(31)18-22/h5-12,15,18-20,27H,13-14,16-17H2,1-4H3,(H,33,35)/t20-,27-/m0/s1. The van der Waals surface area contributed by atoms with Crippen molar-refractivity contribution in [2.24, 2.45) is 5.41 Å². The Bertz CT molecular complexity index is 1260. The molecule has 3 aromatic rings. The quantitative estimate of drug-likeness (QED) is 0.500. The van der Waals surface area contributed by atoms with Gasteiger partial charge in [-0.05, 0) is 66.4 Å². The maximum atomic E-state index is 14.2. The van der Waals surface area contributed by atoms with Gasteiger partial charge in [-0.1, -0.05) is 45.0 Å². The first-order valence-electron chi connectivity index (χ1n) is 12.7. The van der Waals surface area contributed by atoms with Crippen molar-refractivity contribution in [3.8, 4) is 5.75 Å². The Labute approximate surface area is 217 Å². The molecule has 0 fully saturated rings. The minimum absolute atomic E-state index is 0.000570. The first-order valence-corrected chi connectivity index (χ1v) is 12.7. The van der Waals surface area contributed by atoms with Gasteiger partial charge in [-0.3, -0.25) is 14.6 Å². The molecule has 194 valence electrons. The summed E-state index contributed by atoms with van der Waals surface area (Å²) in [7, 11) is 0. The molecule has 0 radical (unpaired) electrons. The number of aromatic nitrogens is 1. The zero-order valence-corrected chi connectivity index (χ0v) is 21.8. The summed E-state index contributed by atoms with van der Waals surface area (Å²) in [5.41, 5.74) is 2.99. The van der Waals surface area contributed by atoms with Gasteiger partial charge in [0.05, 0.1) is 6.04 Å². The minimum atomic E-state index is -0.717. The summed E-state index contributed by atoms with van der Waals surface area (Å²) in [6.07, 6.45) is 2.33. The van der Waals surface area contributed by atoms with E-state index in [0.717, 1.165) is 16.8 Å². The maximum absolute atomic E-state index is 14.2. The number of rotatable bonds is 7. The molecule has 0 bridgehead atoms. The van der Waals surface area contributed by atoms with Crippen LogP contribution in [0.2, 0.25) is 0 Å². The van der Waals surface area contributed by atoms with Gasteiger partial charge in [-0.15, -0.1) is 0 Å². The summed E-state index contributed by atoms with van der Waals surface area (Å²) in [5, 5.41) is 2.89. The van der Waals surface area contributed by atoms with E-state index in [0.29, 0.717) is 37.2 Å². The number of fused-ring (bicyclic) bond motifs is 1. The second-order valence-electron chi connectivity index (χ2n) is 10.4. The second kappa shape index (κ2) is 11.1. The molecule has 1 aromatic heterocycles. The van der Waals surface area contributed by atoms with E-state index in [-0.39, 0.29) is 17.6 Å². The minimum Gasteiger partial charge on any atom is -0.481 e. The fourth-order valence-corrected chi connectivity index (χ4v) is 4.61. The van der Waals surface area contributed by atoms with E-state index in [1.54, 1.807) is 19.2 Å². The van der Waals surface area contributed by atoms with Crippen LogP contribution in [-0.2, 0) is 22.4 Å². The summed E-state index contributed by atoms with van der Waals surface area (Å²) in [4.78, 5) is 32.1. The molecule has 2 amide bonds. The molecule has 0 aliphatic carbocycles. The van der Waals surface area contributed by atoms with Crippen LogP contribution in [0.4, 0.5) is 4.39 Å². The van der Waals surface area contributed by atoms with E-state index in [2.05, 4.69) is 10.3 Å². The summed E-state index contributed by atoms with van der Waals surface area (Å²) in [6.45, 7) is 8.37. The highest BCUT2D eigenvalue weighted by Crippen LogP contribution is 2.39. The zero-order chi connectivity index (χ0) is 26.6. The number of carbonyl (C=O) groups is 2. The molecule has 4 rings (SSSR count). The fraction of sp³-hybridized carbons (Fsp3) is 0.367. The molecule has 0 saturated heterocycles. The largest absolute Gasteiger partial charge is 0.481 e. The van der Waals surface area contributed by atoms with Crippen LogP contribution in [0.3, 0.4) is 0 Å². The lowest BCUT2D eigenvalue weighted by molar-refractivity contribution is -0.141. The van der Waals surface area contributed by atoms with Crippen molar-refractivity contribution >= 4 is 11.8 Å². The molecule has 1 N–H and O–H groups in total. The van der Waals surface area contributed by atoms with Crippen molar-refractivity contribution in [2.75, 3.05) is 13.1 Å². The summed E-state index contributed by atoms with van der Waals surface area (Å²) in [5.74, 6) is -0.0481. The Hall–Kier alpha value is -3.74. The monoisotopic (exact) mass is 503 g/mol. The molecule has 7 heteroatoms. The van der Waals surface area contributed by atoms with Crippen molar-refractivity contribution in [2.45, 2.75) is 52.7 Å². The zero-order valence-electron chi connectivity index (χ0n) is 21.8. The maximum Gasteiger partial charge on any atom is 0.260 e. The molecule has 6 nitrogen and oxygen atoms in total. The highest BCUT2D eigenvalue weighted by atomic mass is 19.1. The highest BCUT2D eigenvalue weighted by molar-refractivity contribution is 5.83. The van der Waals surface area contributed by atoms with Crippen LogP contribution < -0.4 is 10.1 Å². The number of pyridine rings is 1. The molecule has 37 heavy (non-hydrogen) atoms. The molecule has 1 aliphatic heterocycles. The fourth-order valence-electron chi connectivity index (χ4n) is 4.61. The van der Waals surface area contributed by atoms with Crippen LogP contribution in [0.25, 0.3) is 0 Å². The summed E-state index contributed by atoms with van der Waals surface area (Å²) in [6, 6.07) is 17.3. The Kier molecular flexibility index (Phi) is 7.91. The third-order valence-corrected chi connectivity index (χ3v) is 6.50. The van der Waals surface area contributed by atoms with Gasteiger partial charge in [0.25, 0.3) is 5.91 Å². The van der Waals surface area contributed by atoms with Crippen molar-refractivity contribution in [1.82, 2.24) is 15.2 Å². The lowest BCUT2D eigenvalue weighted by Gasteiger charge is -2.41. The molecule has 0 saturated carbocycles. The topological polar surface area (TPSA) is 71.5 Å². The van der Waals surface area contributed by atoms with Gasteiger partial charge >= 0.3 is 0 Å². The molecular formula is C30H34FN3O3. The van der Waals surface area contributed by atoms with Crippen LogP contribution in [0.1, 0.15) is 56.1 Å². The SMILES string of the molecule is C[C@H](Oc1ccc2c(c1)[C@H](c1cccc(F)c1)N(C(=O)C(C)(C)C)CC2)C(=O)NCCc1ccccn1. The summed E-state index contributed by atoms with van der Waals surface area (Å²) >= 11 is 0. The smallest absolute Gasteiger partial charge is 0.260 e. The second-order valence-corrected chi connectivity index (χ2v) is 10.4. The van der Waals surface area contributed by atoms with Crippen LogP contribution >= 0.6 is 0 Å². The van der Waals surface area contributed by atoms with Crippen LogP contribution in [0.5, 0.6) is 5.75 Å². The Morgan fingerprint density at radius 3 is 2.65 bits per heavy atom. The average Bonchev–Trinajstić information content (AvgIpc) is 2.87. The van der Waals surface area contributed by atoms with Gasteiger partial charge in [-0.2, -0.15) is 0 Å². The molecule has 2 aromatic carbocycles. The number of ether oxygens (including phenoxy) is 1. The van der Waals surface area contributed by atoms with Gasteiger partial charge < -0.3 is 15.0 Å². The highest BCUT2D eigenvalue weighted by Gasteiger charge is 2.37. The number of amides is 2. The molecule has 0 spiro atoms. The van der Waals surface area contributed by atoms with Gasteiger partial charge in [-0.25, -0.2) is 4.39 Å². The molecule has 0 unspecified atom stereocenters. The number of nitrogens with zero attached hydrogens (tertiary/aromatic N) is 2. The van der Waals surface area contributed by atoms with E-state index < -0.39 is 17.6 Å². The number of hydrogen-bond acceptors (Lipinski definition) is 4. The normalized spacial score (nSPS) is 16.0. The van der Waals surface area contributed by atoms with E-state index >= 15 is 0 Å². The lowest BCUT2D eigenvalue weighted by atomic mass is 9.85. The third kappa shape index (κ3) is 6.34. The van der Waals surface area contributed by atoms with E-state index in [1.165, 1.54) is 12.1 Å². The Morgan fingerprint density at radius 2 is 1.95 bits per heavy atom. The number of hydrogen-bond donors (Lipinski definition) is 1. The molecule has 2 heterocycles. The number of carbonyl (C=O) groups excluding carboxylic acids is 2. The van der Waals surface area contributed by atoms with Gasteiger partial charge in [0.1, 0.15) is 11.6 Å². The van der Waals surface area contributed by atoms with Crippen LogP contribution in [-0.4, -0.2) is 40.9 Å². The van der Waals surface area contributed by atoms with E-state index in [1.807, 2.05) is 68.1 Å². The summed E-state index contributed by atoms with van der Waals surface area (Å²) < 4.78 is 20.2. The lowest BCUT2D eigenvalue weighted by Crippen LogP contribution is -2.45. The number of halogens is 1. The molecular weight excluding hydrogens is 469 g/mol. The third-order valence-electron chi connectivity index (χ3n) is 6.50. The molecule has 1 aliphatic rings. The average molecular weight is 504 g/mol. The number of nitrogens with one attached hydrogen (secondary N) is 1. The Balaban J connectivity index is 1.54. The van der Waals surface area contributed by atoms with E-state index in [4.69, 9.17) is 4.74 Å². The van der Waals surface area contributed by atoms with Gasteiger partial charge in [0.2, 0.25) is 5.91 Å².